The Balaban J connectivity index is 1.73. The average Bonchev–Trinajstić information content (AvgIpc) is 2.61. The molecule has 0 saturated heterocycles. The summed E-state index contributed by atoms with van der Waals surface area (Å²) < 4.78 is 13.0. The summed E-state index contributed by atoms with van der Waals surface area (Å²) in [6.45, 7) is 4.26. The van der Waals surface area contributed by atoms with Crippen LogP contribution in [0.4, 0.5) is 0 Å². The van der Waals surface area contributed by atoms with E-state index in [0.717, 1.165) is 34.6 Å². The molecule has 2 aromatic rings. The van der Waals surface area contributed by atoms with Gasteiger partial charge in [0.2, 0.25) is 0 Å². The zero-order valence-corrected chi connectivity index (χ0v) is 15.1. The molecule has 2 atom stereocenters. The molecule has 5 rings (SSSR count). The van der Waals surface area contributed by atoms with Gasteiger partial charge in [-0.3, -0.25) is 4.79 Å². The van der Waals surface area contributed by atoms with Crippen molar-refractivity contribution in [1.29, 1.82) is 0 Å². The molecule has 2 heterocycles. The van der Waals surface area contributed by atoms with Crippen LogP contribution in [0.15, 0.2) is 65.9 Å². The van der Waals surface area contributed by atoms with Crippen LogP contribution < -0.4 is 4.74 Å². The minimum absolute atomic E-state index is 0.0347. The van der Waals surface area contributed by atoms with E-state index in [1.807, 2.05) is 48.5 Å². The summed E-state index contributed by atoms with van der Waals surface area (Å²) in [4.78, 5) is 13.0. The average molecular weight is 346 g/mol. The lowest BCUT2D eigenvalue weighted by molar-refractivity contribution is -0.195. The van der Waals surface area contributed by atoms with Crippen LogP contribution in [0, 0.1) is 5.41 Å². The highest BCUT2D eigenvalue weighted by molar-refractivity contribution is 5.99. The van der Waals surface area contributed by atoms with Crippen molar-refractivity contribution < 1.29 is 14.3 Å². The van der Waals surface area contributed by atoms with E-state index in [1.54, 1.807) is 0 Å². The monoisotopic (exact) mass is 346 g/mol. The number of hydrogen-bond acceptors (Lipinski definition) is 3. The second-order valence-corrected chi connectivity index (χ2v) is 8.40. The number of ketones is 1. The molecule has 132 valence electrons. The second kappa shape index (κ2) is 5.23. The van der Waals surface area contributed by atoms with Crippen molar-refractivity contribution >= 4 is 5.78 Å². The molecule has 0 amide bonds. The van der Waals surface area contributed by atoms with Gasteiger partial charge < -0.3 is 9.47 Å². The van der Waals surface area contributed by atoms with Gasteiger partial charge in [0.15, 0.2) is 5.78 Å². The number of hydrogen-bond donors (Lipinski definition) is 0. The van der Waals surface area contributed by atoms with Crippen LogP contribution in [0.1, 0.15) is 50.2 Å². The Kier molecular flexibility index (Phi) is 3.15. The van der Waals surface area contributed by atoms with Crippen molar-refractivity contribution in [2.75, 3.05) is 0 Å². The fraction of sp³-hybridized carbons (Fsp3) is 0.348. The fourth-order valence-corrected chi connectivity index (χ4v) is 4.66. The number of para-hydroxylation sites is 1. The Morgan fingerprint density at radius 2 is 1.65 bits per heavy atom. The highest BCUT2D eigenvalue weighted by Gasteiger charge is 2.53. The molecule has 3 heteroatoms. The molecule has 3 aliphatic rings. The van der Waals surface area contributed by atoms with Crippen molar-refractivity contribution in [2.45, 2.75) is 44.8 Å². The predicted octanol–water partition coefficient (Wildman–Crippen LogP) is 5.08. The van der Waals surface area contributed by atoms with Gasteiger partial charge in [-0.1, -0.05) is 62.4 Å². The summed E-state index contributed by atoms with van der Waals surface area (Å²) in [5.41, 5.74) is 2.88. The molecular formula is C23H22O3. The van der Waals surface area contributed by atoms with Crippen LogP contribution in [-0.2, 0) is 15.3 Å². The molecule has 0 fully saturated rings. The second-order valence-electron chi connectivity index (χ2n) is 8.40. The largest absolute Gasteiger partial charge is 0.452 e. The molecule has 1 aliphatic carbocycles. The molecule has 3 nitrogen and oxygen atoms in total. The predicted molar refractivity (Wildman–Crippen MR) is 98.7 cm³/mol. The number of Topliss-reactive ketones (excluding diaryl/α,β-unsaturated/α-hetero) is 1. The molecule has 0 spiro atoms. The number of fused-ring (bicyclic) bond motifs is 5. The lowest BCUT2D eigenvalue weighted by Crippen LogP contribution is -2.47. The van der Waals surface area contributed by atoms with Crippen molar-refractivity contribution in [1.82, 2.24) is 0 Å². The first-order valence-electron chi connectivity index (χ1n) is 9.26. The van der Waals surface area contributed by atoms with E-state index >= 15 is 0 Å². The standard InChI is InChI=1S/C23H22O3/c1-22(2)13-18(24)21-17-12-23(26-20(21)14-22,15-8-4-3-5-9-15)25-19-11-7-6-10-16(17)19/h3-11,17H,12-14H2,1-2H3. The van der Waals surface area contributed by atoms with E-state index < -0.39 is 5.79 Å². The van der Waals surface area contributed by atoms with Gasteiger partial charge in [-0.15, -0.1) is 0 Å². The zero-order chi connectivity index (χ0) is 17.9. The number of carbonyl (C=O) groups excluding carboxylic acids is 1. The van der Waals surface area contributed by atoms with Crippen LogP contribution in [0.5, 0.6) is 5.75 Å². The summed E-state index contributed by atoms with van der Waals surface area (Å²) in [6.07, 6.45) is 1.98. The molecule has 0 radical (unpaired) electrons. The van der Waals surface area contributed by atoms with E-state index in [4.69, 9.17) is 9.47 Å². The Labute approximate surface area is 153 Å². The summed E-state index contributed by atoms with van der Waals surface area (Å²) in [5, 5.41) is 0. The minimum Gasteiger partial charge on any atom is -0.452 e. The van der Waals surface area contributed by atoms with Crippen molar-refractivity contribution in [3.8, 4) is 5.75 Å². The Morgan fingerprint density at radius 1 is 0.923 bits per heavy atom. The lowest BCUT2D eigenvalue weighted by atomic mass is 9.68. The molecule has 0 N–H and O–H groups in total. The van der Waals surface area contributed by atoms with Gasteiger partial charge in [0.1, 0.15) is 11.5 Å². The molecule has 2 aromatic carbocycles. The summed E-state index contributed by atoms with van der Waals surface area (Å²) in [7, 11) is 0. The first-order chi connectivity index (χ1) is 12.5. The third-order valence-electron chi connectivity index (χ3n) is 5.77. The molecule has 0 aromatic heterocycles. The van der Waals surface area contributed by atoms with Crippen molar-refractivity contribution in [3.05, 3.63) is 77.1 Å². The van der Waals surface area contributed by atoms with Gasteiger partial charge >= 0.3 is 0 Å². The van der Waals surface area contributed by atoms with E-state index in [2.05, 4.69) is 19.9 Å². The first-order valence-corrected chi connectivity index (χ1v) is 9.26. The van der Waals surface area contributed by atoms with Crippen LogP contribution in [0.2, 0.25) is 0 Å². The third-order valence-corrected chi connectivity index (χ3v) is 5.77. The number of rotatable bonds is 1. The fourth-order valence-electron chi connectivity index (χ4n) is 4.66. The highest BCUT2D eigenvalue weighted by atomic mass is 16.7. The Hall–Kier alpha value is -2.55. The first kappa shape index (κ1) is 15.7. The number of carbonyl (C=O) groups is 1. The zero-order valence-electron chi connectivity index (χ0n) is 15.1. The van der Waals surface area contributed by atoms with Gasteiger partial charge in [0, 0.05) is 41.9 Å². The third kappa shape index (κ3) is 2.23. The maximum Gasteiger partial charge on any atom is 0.278 e. The smallest absolute Gasteiger partial charge is 0.278 e. The quantitative estimate of drug-likeness (QED) is 0.722. The van der Waals surface area contributed by atoms with Crippen LogP contribution in [0.25, 0.3) is 0 Å². The summed E-state index contributed by atoms with van der Waals surface area (Å²) in [6, 6.07) is 18.2. The van der Waals surface area contributed by atoms with E-state index in [9.17, 15) is 4.79 Å². The van der Waals surface area contributed by atoms with Crippen LogP contribution in [0.3, 0.4) is 0 Å². The Bertz CT molecular complexity index is 925. The van der Waals surface area contributed by atoms with Gasteiger partial charge in [-0.2, -0.15) is 0 Å². The molecular weight excluding hydrogens is 324 g/mol. The molecule has 0 saturated carbocycles. The minimum atomic E-state index is -0.854. The lowest BCUT2D eigenvalue weighted by Gasteiger charge is -2.49. The molecule has 2 aliphatic heterocycles. The van der Waals surface area contributed by atoms with E-state index in [-0.39, 0.29) is 17.1 Å². The van der Waals surface area contributed by atoms with E-state index in [0.29, 0.717) is 12.8 Å². The number of benzene rings is 2. The highest BCUT2D eigenvalue weighted by Crippen LogP contribution is 2.57. The van der Waals surface area contributed by atoms with E-state index in [1.165, 1.54) is 0 Å². The van der Waals surface area contributed by atoms with Gasteiger partial charge in [0.25, 0.3) is 5.79 Å². The number of allylic oxidation sites excluding steroid dienone is 2. The summed E-state index contributed by atoms with van der Waals surface area (Å²) >= 11 is 0. The molecule has 2 unspecified atom stereocenters. The van der Waals surface area contributed by atoms with Crippen LogP contribution in [-0.4, -0.2) is 5.78 Å². The molecule has 2 bridgehead atoms. The van der Waals surface area contributed by atoms with Gasteiger partial charge in [-0.05, 0) is 11.5 Å². The summed E-state index contributed by atoms with van der Waals surface area (Å²) in [5.74, 6) is 1.04. The van der Waals surface area contributed by atoms with Gasteiger partial charge in [-0.25, -0.2) is 0 Å². The Morgan fingerprint density at radius 3 is 2.46 bits per heavy atom. The topological polar surface area (TPSA) is 35.5 Å². The van der Waals surface area contributed by atoms with Crippen molar-refractivity contribution in [2.24, 2.45) is 5.41 Å². The molecule has 26 heavy (non-hydrogen) atoms. The normalized spacial score (nSPS) is 28.5. The SMILES string of the molecule is CC1(C)CC(=O)C2=C(C1)OC1(c3ccccc3)CC2c2ccccc2O1. The number of ether oxygens (including phenoxy) is 2. The van der Waals surface area contributed by atoms with Crippen molar-refractivity contribution in [3.63, 3.8) is 0 Å². The van der Waals surface area contributed by atoms with Gasteiger partial charge in [0.05, 0.1) is 0 Å². The van der Waals surface area contributed by atoms with Crippen LogP contribution >= 0.6 is 0 Å². The maximum absolute atomic E-state index is 13.0. The maximum atomic E-state index is 13.0.